The van der Waals surface area contributed by atoms with E-state index in [9.17, 15) is 0 Å². The van der Waals surface area contributed by atoms with E-state index in [1.807, 2.05) is 0 Å². The number of hydrogen-bond donors (Lipinski definition) is 1. The van der Waals surface area contributed by atoms with Crippen LogP contribution in [0.3, 0.4) is 0 Å². The van der Waals surface area contributed by atoms with Crippen molar-refractivity contribution in [2.45, 2.75) is 66.0 Å². The van der Waals surface area contributed by atoms with Gasteiger partial charge >= 0.3 is 0 Å². The highest BCUT2D eigenvalue weighted by atomic mass is 14.9. The average molecular weight is 245 g/mol. The van der Waals surface area contributed by atoms with Crippen LogP contribution in [0.25, 0.3) is 0 Å². The van der Waals surface area contributed by atoms with Gasteiger partial charge in [0.25, 0.3) is 0 Å². The van der Waals surface area contributed by atoms with Crippen LogP contribution >= 0.6 is 0 Å². The summed E-state index contributed by atoms with van der Waals surface area (Å²) in [4.78, 5) is 0. The van der Waals surface area contributed by atoms with Crippen molar-refractivity contribution in [3.63, 3.8) is 0 Å². The van der Waals surface area contributed by atoms with Crippen molar-refractivity contribution in [1.82, 2.24) is 5.32 Å². The molecule has 1 fully saturated rings. The molecule has 0 aliphatic heterocycles. The van der Waals surface area contributed by atoms with Gasteiger partial charge in [0.1, 0.15) is 0 Å². The molecular formula is C17H27N. The lowest BCUT2D eigenvalue weighted by molar-refractivity contribution is 0.444. The van der Waals surface area contributed by atoms with Crippen LogP contribution in [-0.4, -0.2) is 6.04 Å². The quantitative estimate of drug-likeness (QED) is 0.788. The average Bonchev–Trinajstić information content (AvgIpc) is 3.09. The Morgan fingerprint density at radius 1 is 1.17 bits per heavy atom. The number of benzene rings is 1. The first-order valence-electron chi connectivity index (χ1n) is 7.40. The van der Waals surface area contributed by atoms with E-state index >= 15 is 0 Å². The van der Waals surface area contributed by atoms with Crippen molar-refractivity contribution in [2.75, 3.05) is 0 Å². The van der Waals surface area contributed by atoms with E-state index in [1.165, 1.54) is 47.9 Å². The standard InChI is InChI=1S/C17H27N/c1-5-16(10-15-6-7-15)18-11-17-13(3)8-12(2)9-14(17)4/h8-9,15-16,18H,5-7,10-11H2,1-4H3. The molecule has 0 radical (unpaired) electrons. The molecule has 0 bridgehead atoms. The van der Waals surface area contributed by atoms with Crippen molar-refractivity contribution in [1.29, 1.82) is 0 Å². The van der Waals surface area contributed by atoms with Crippen LogP contribution in [0.15, 0.2) is 12.1 Å². The Hall–Kier alpha value is -0.820. The molecule has 0 aromatic heterocycles. The second-order valence-electron chi connectivity index (χ2n) is 6.04. The molecule has 1 aromatic rings. The van der Waals surface area contributed by atoms with Gasteiger partial charge < -0.3 is 5.32 Å². The Labute approximate surface area is 112 Å². The first-order chi connectivity index (χ1) is 8.60. The molecule has 1 aromatic carbocycles. The molecule has 18 heavy (non-hydrogen) atoms. The van der Waals surface area contributed by atoms with Crippen molar-refractivity contribution in [3.8, 4) is 0 Å². The van der Waals surface area contributed by atoms with Crippen LogP contribution in [0.5, 0.6) is 0 Å². The lowest BCUT2D eigenvalue weighted by Crippen LogP contribution is -2.29. The largest absolute Gasteiger partial charge is 0.310 e. The molecule has 1 aliphatic carbocycles. The lowest BCUT2D eigenvalue weighted by atomic mass is 9.99. The van der Waals surface area contributed by atoms with Crippen LogP contribution in [0.2, 0.25) is 0 Å². The molecule has 0 heterocycles. The van der Waals surface area contributed by atoms with Crippen LogP contribution in [-0.2, 0) is 6.54 Å². The Kier molecular flexibility index (Phi) is 4.45. The zero-order chi connectivity index (χ0) is 13.1. The minimum Gasteiger partial charge on any atom is -0.310 e. The molecule has 100 valence electrons. The number of nitrogens with one attached hydrogen (secondary N) is 1. The van der Waals surface area contributed by atoms with Gasteiger partial charge in [0.2, 0.25) is 0 Å². The zero-order valence-corrected chi connectivity index (χ0v) is 12.3. The van der Waals surface area contributed by atoms with E-state index in [4.69, 9.17) is 0 Å². The fraction of sp³-hybridized carbons (Fsp3) is 0.647. The van der Waals surface area contributed by atoms with Crippen molar-refractivity contribution >= 4 is 0 Å². The normalized spacial score (nSPS) is 16.9. The van der Waals surface area contributed by atoms with Gasteiger partial charge in [-0.15, -0.1) is 0 Å². The molecule has 1 saturated carbocycles. The molecule has 1 aliphatic rings. The highest BCUT2D eigenvalue weighted by Gasteiger charge is 2.24. The lowest BCUT2D eigenvalue weighted by Gasteiger charge is -2.19. The molecule has 1 N–H and O–H groups in total. The third-order valence-electron chi connectivity index (χ3n) is 4.22. The third kappa shape index (κ3) is 3.58. The van der Waals surface area contributed by atoms with Crippen LogP contribution in [0.1, 0.15) is 54.9 Å². The fourth-order valence-corrected chi connectivity index (χ4v) is 2.89. The minimum atomic E-state index is 0.706. The maximum absolute atomic E-state index is 3.76. The second kappa shape index (κ2) is 5.88. The van der Waals surface area contributed by atoms with E-state index in [0.29, 0.717) is 6.04 Å². The summed E-state index contributed by atoms with van der Waals surface area (Å²) in [5, 5.41) is 3.76. The van der Waals surface area contributed by atoms with Gasteiger partial charge in [-0.1, -0.05) is 37.5 Å². The Bertz CT molecular complexity index is 381. The molecule has 0 spiro atoms. The van der Waals surface area contributed by atoms with Crippen LogP contribution < -0.4 is 5.32 Å². The minimum absolute atomic E-state index is 0.706. The van der Waals surface area contributed by atoms with E-state index in [1.54, 1.807) is 0 Å². The van der Waals surface area contributed by atoms with E-state index in [-0.39, 0.29) is 0 Å². The number of rotatable bonds is 6. The SMILES string of the molecule is CCC(CC1CC1)NCc1c(C)cc(C)cc1C. The molecule has 0 saturated heterocycles. The highest BCUT2D eigenvalue weighted by molar-refractivity contribution is 5.37. The predicted octanol–water partition coefficient (Wildman–Crippen LogP) is 4.28. The Balaban J connectivity index is 1.95. The van der Waals surface area contributed by atoms with Crippen LogP contribution in [0.4, 0.5) is 0 Å². The van der Waals surface area contributed by atoms with E-state index in [0.717, 1.165) is 12.5 Å². The molecule has 2 rings (SSSR count). The fourth-order valence-electron chi connectivity index (χ4n) is 2.89. The monoisotopic (exact) mass is 245 g/mol. The highest BCUT2D eigenvalue weighted by Crippen LogP contribution is 2.34. The van der Waals surface area contributed by atoms with Gasteiger partial charge in [-0.2, -0.15) is 0 Å². The number of aryl methyl sites for hydroxylation is 3. The molecule has 1 atom stereocenters. The first-order valence-corrected chi connectivity index (χ1v) is 7.40. The van der Waals surface area contributed by atoms with E-state index in [2.05, 4.69) is 45.1 Å². The predicted molar refractivity (Wildman–Crippen MR) is 78.9 cm³/mol. The molecular weight excluding hydrogens is 218 g/mol. The van der Waals surface area contributed by atoms with Gasteiger partial charge in [-0.3, -0.25) is 0 Å². The summed E-state index contributed by atoms with van der Waals surface area (Å²) in [6, 6.07) is 5.30. The Morgan fingerprint density at radius 3 is 2.28 bits per heavy atom. The Morgan fingerprint density at radius 2 is 1.78 bits per heavy atom. The van der Waals surface area contributed by atoms with Gasteiger partial charge in [0.05, 0.1) is 0 Å². The maximum atomic E-state index is 3.76. The number of hydrogen-bond acceptors (Lipinski definition) is 1. The van der Waals surface area contributed by atoms with Crippen LogP contribution in [0, 0.1) is 26.7 Å². The molecule has 1 nitrogen and oxygen atoms in total. The van der Waals surface area contributed by atoms with E-state index < -0.39 is 0 Å². The van der Waals surface area contributed by atoms with Gasteiger partial charge in [0, 0.05) is 12.6 Å². The molecule has 1 heteroatoms. The first kappa shape index (κ1) is 13.6. The summed E-state index contributed by atoms with van der Waals surface area (Å²) in [6.45, 7) is 9.98. The van der Waals surface area contributed by atoms with Gasteiger partial charge in [-0.05, 0) is 56.2 Å². The third-order valence-corrected chi connectivity index (χ3v) is 4.22. The summed E-state index contributed by atoms with van der Waals surface area (Å²) in [6.07, 6.45) is 5.54. The zero-order valence-electron chi connectivity index (χ0n) is 12.3. The summed E-state index contributed by atoms with van der Waals surface area (Å²) >= 11 is 0. The van der Waals surface area contributed by atoms with Gasteiger partial charge in [0.15, 0.2) is 0 Å². The summed E-state index contributed by atoms with van der Waals surface area (Å²) in [7, 11) is 0. The summed E-state index contributed by atoms with van der Waals surface area (Å²) in [5.41, 5.74) is 5.73. The second-order valence-corrected chi connectivity index (χ2v) is 6.04. The molecule has 0 amide bonds. The van der Waals surface area contributed by atoms with Crippen molar-refractivity contribution in [2.24, 2.45) is 5.92 Å². The molecule has 1 unspecified atom stereocenters. The maximum Gasteiger partial charge on any atom is 0.0213 e. The smallest absolute Gasteiger partial charge is 0.0213 e. The van der Waals surface area contributed by atoms with Gasteiger partial charge in [-0.25, -0.2) is 0 Å². The summed E-state index contributed by atoms with van der Waals surface area (Å²) < 4.78 is 0. The van der Waals surface area contributed by atoms with Crippen molar-refractivity contribution in [3.05, 3.63) is 34.4 Å². The summed E-state index contributed by atoms with van der Waals surface area (Å²) in [5.74, 6) is 1.02. The van der Waals surface area contributed by atoms with Crippen molar-refractivity contribution < 1.29 is 0 Å². The topological polar surface area (TPSA) is 12.0 Å².